The van der Waals surface area contributed by atoms with E-state index in [1.165, 1.54) is 11.1 Å². The van der Waals surface area contributed by atoms with Gasteiger partial charge in [0, 0.05) is 24.6 Å². The van der Waals surface area contributed by atoms with Crippen LogP contribution in [0.3, 0.4) is 0 Å². The lowest BCUT2D eigenvalue weighted by Crippen LogP contribution is -2.26. The van der Waals surface area contributed by atoms with Crippen molar-refractivity contribution in [2.45, 2.75) is 39.0 Å². The molecule has 1 aliphatic rings. The maximum atomic E-state index is 5.77. The van der Waals surface area contributed by atoms with Crippen LogP contribution in [-0.4, -0.2) is 19.8 Å². The van der Waals surface area contributed by atoms with Gasteiger partial charge in [-0.2, -0.15) is 0 Å². The van der Waals surface area contributed by atoms with E-state index in [1.807, 2.05) is 38.1 Å². The molecule has 2 aromatic carbocycles. The summed E-state index contributed by atoms with van der Waals surface area (Å²) >= 11 is 0. The molecule has 0 unspecified atom stereocenters. The van der Waals surface area contributed by atoms with Crippen LogP contribution in [0.5, 0.6) is 17.2 Å². The minimum Gasteiger partial charge on any atom is -0.493 e. The van der Waals surface area contributed by atoms with Crippen LogP contribution in [-0.2, 0) is 6.54 Å². The number of hydrogen-bond acceptors (Lipinski definition) is 4. The van der Waals surface area contributed by atoms with Gasteiger partial charge in [-0.3, -0.25) is 0 Å². The molecule has 0 bridgehead atoms. The van der Waals surface area contributed by atoms with Gasteiger partial charge in [-0.15, -0.1) is 0 Å². The Morgan fingerprint density at radius 3 is 2.79 bits per heavy atom. The number of nitrogens with one attached hydrogen (secondary N) is 1. The lowest BCUT2D eigenvalue weighted by Gasteiger charge is -2.27. The summed E-state index contributed by atoms with van der Waals surface area (Å²) in [5.41, 5.74) is 2.41. The number of hydrogen-bond donors (Lipinski definition) is 1. The second-order valence-corrected chi connectivity index (χ2v) is 6.26. The molecule has 4 heteroatoms. The van der Waals surface area contributed by atoms with Crippen molar-refractivity contribution in [2.24, 2.45) is 0 Å². The number of para-hydroxylation sites is 1. The van der Waals surface area contributed by atoms with Crippen molar-refractivity contribution in [3.8, 4) is 17.2 Å². The second kappa shape index (κ2) is 7.58. The topological polar surface area (TPSA) is 39.7 Å². The molecule has 1 atom stereocenters. The fourth-order valence-electron chi connectivity index (χ4n) is 2.97. The van der Waals surface area contributed by atoms with Crippen molar-refractivity contribution in [2.75, 3.05) is 13.7 Å². The molecular formula is C20H25NO3. The van der Waals surface area contributed by atoms with Gasteiger partial charge in [0.25, 0.3) is 0 Å². The molecule has 1 N–H and O–H groups in total. The summed E-state index contributed by atoms with van der Waals surface area (Å²) in [6, 6.07) is 14.6. The zero-order valence-electron chi connectivity index (χ0n) is 14.5. The first-order chi connectivity index (χ1) is 11.7. The smallest absolute Gasteiger partial charge is 0.161 e. The highest BCUT2D eigenvalue weighted by Crippen LogP contribution is 2.32. The van der Waals surface area contributed by atoms with Crippen LogP contribution in [0.4, 0.5) is 0 Å². The van der Waals surface area contributed by atoms with Crippen LogP contribution < -0.4 is 19.5 Å². The summed E-state index contributed by atoms with van der Waals surface area (Å²) in [4.78, 5) is 0. The molecular weight excluding hydrogens is 302 g/mol. The Bertz CT molecular complexity index is 684. The molecule has 0 saturated heterocycles. The summed E-state index contributed by atoms with van der Waals surface area (Å²) in [6.45, 7) is 5.55. The monoisotopic (exact) mass is 327 g/mol. The largest absolute Gasteiger partial charge is 0.493 e. The van der Waals surface area contributed by atoms with E-state index >= 15 is 0 Å². The summed E-state index contributed by atoms with van der Waals surface area (Å²) in [5.74, 6) is 2.54. The maximum absolute atomic E-state index is 5.77. The van der Waals surface area contributed by atoms with Crippen LogP contribution in [0.25, 0.3) is 0 Å². The number of methoxy groups -OCH3 is 1. The minimum atomic E-state index is 0.126. The van der Waals surface area contributed by atoms with E-state index in [1.54, 1.807) is 7.11 Å². The fraction of sp³-hybridized carbons (Fsp3) is 0.400. The Balaban J connectivity index is 1.69. The molecule has 0 saturated carbocycles. The van der Waals surface area contributed by atoms with Crippen molar-refractivity contribution in [1.29, 1.82) is 0 Å². The van der Waals surface area contributed by atoms with Gasteiger partial charge in [-0.05, 0) is 37.6 Å². The lowest BCUT2D eigenvalue weighted by atomic mass is 10.0. The third-order valence-electron chi connectivity index (χ3n) is 4.10. The third kappa shape index (κ3) is 3.82. The standard InChI is InChI=1S/C20H25NO3/c1-14(2)24-19-9-8-15(12-20(19)22-3)13-21-17-10-11-23-18-7-5-4-6-16(17)18/h4-9,12,14,17,21H,10-11,13H2,1-3H3/t17-/m0/s1. The van der Waals surface area contributed by atoms with Gasteiger partial charge in [0.05, 0.1) is 19.8 Å². The van der Waals surface area contributed by atoms with Gasteiger partial charge in [0.15, 0.2) is 11.5 Å². The molecule has 0 aromatic heterocycles. The lowest BCUT2D eigenvalue weighted by molar-refractivity contribution is 0.230. The van der Waals surface area contributed by atoms with Crippen LogP contribution >= 0.6 is 0 Å². The molecule has 128 valence electrons. The molecule has 1 aliphatic heterocycles. The van der Waals surface area contributed by atoms with E-state index in [0.29, 0.717) is 6.04 Å². The average Bonchev–Trinajstić information content (AvgIpc) is 2.60. The van der Waals surface area contributed by atoms with Crippen molar-refractivity contribution in [3.63, 3.8) is 0 Å². The van der Waals surface area contributed by atoms with Crippen LogP contribution in [0.2, 0.25) is 0 Å². The normalized spacial score (nSPS) is 16.4. The van der Waals surface area contributed by atoms with Crippen molar-refractivity contribution in [1.82, 2.24) is 5.32 Å². The molecule has 4 nitrogen and oxygen atoms in total. The third-order valence-corrected chi connectivity index (χ3v) is 4.10. The van der Waals surface area contributed by atoms with E-state index in [-0.39, 0.29) is 6.10 Å². The maximum Gasteiger partial charge on any atom is 0.161 e. The first kappa shape index (κ1) is 16.7. The van der Waals surface area contributed by atoms with Crippen molar-refractivity contribution >= 4 is 0 Å². The average molecular weight is 327 g/mol. The zero-order valence-corrected chi connectivity index (χ0v) is 14.5. The molecule has 0 spiro atoms. The summed E-state index contributed by atoms with van der Waals surface area (Å²) in [6.07, 6.45) is 1.10. The summed E-state index contributed by atoms with van der Waals surface area (Å²) in [7, 11) is 1.68. The SMILES string of the molecule is COc1cc(CN[C@H]2CCOc3ccccc32)ccc1OC(C)C. The van der Waals surface area contributed by atoms with E-state index in [2.05, 4.69) is 23.5 Å². The first-order valence-corrected chi connectivity index (χ1v) is 8.46. The Labute approximate surface area is 143 Å². The van der Waals surface area contributed by atoms with Gasteiger partial charge in [-0.25, -0.2) is 0 Å². The van der Waals surface area contributed by atoms with Gasteiger partial charge >= 0.3 is 0 Å². The van der Waals surface area contributed by atoms with E-state index in [0.717, 1.165) is 36.8 Å². The Hall–Kier alpha value is -2.20. The van der Waals surface area contributed by atoms with Gasteiger partial charge in [0.1, 0.15) is 5.75 Å². The highest BCUT2D eigenvalue weighted by atomic mass is 16.5. The van der Waals surface area contributed by atoms with Crippen LogP contribution in [0, 0.1) is 0 Å². The minimum absolute atomic E-state index is 0.126. The summed E-state index contributed by atoms with van der Waals surface area (Å²) < 4.78 is 17.0. The Kier molecular flexibility index (Phi) is 5.26. The molecule has 0 fully saturated rings. The number of benzene rings is 2. The van der Waals surface area contributed by atoms with E-state index < -0.39 is 0 Å². The van der Waals surface area contributed by atoms with Crippen molar-refractivity contribution < 1.29 is 14.2 Å². The molecule has 0 aliphatic carbocycles. The molecule has 0 amide bonds. The van der Waals surface area contributed by atoms with E-state index in [4.69, 9.17) is 14.2 Å². The zero-order chi connectivity index (χ0) is 16.9. The highest BCUT2D eigenvalue weighted by Gasteiger charge is 2.20. The highest BCUT2D eigenvalue weighted by molar-refractivity contribution is 5.43. The fourth-order valence-corrected chi connectivity index (χ4v) is 2.97. The van der Waals surface area contributed by atoms with Gasteiger partial charge < -0.3 is 19.5 Å². The second-order valence-electron chi connectivity index (χ2n) is 6.26. The molecule has 3 rings (SSSR count). The van der Waals surface area contributed by atoms with Crippen LogP contribution in [0.15, 0.2) is 42.5 Å². The predicted octanol–water partition coefficient (Wildman–Crippen LogP) is 4.10. The summed E-state index contributed by atoms with van der Waals surface area (Å²) in [5, 5.41) is 3.63. The number of fused-ring (bicyclic) bond motifs is 1. The molecule has 24 heavy (non-hydrogen) atoms. The quantitative estimate of drug-likeness (QED) is 0.867. The molecule has 0 radical (unpaired) electrons. The van der Waals surface area contributed by atoms with Gasteiger partial charge in [0.2, 0.25) is 0 Å². The Morgan fingerprint density at radius 2 is 2.00 bits per heavy atom. The number of rotatable bonds is 6. The molecule has 1 heterocycles. The van der Waals surface area contributed by atoms with Gasteiger partial charge in [-0.1, -0.05) is 24.3 Å². The Morgan fingerprint density at radius 1 is 1.17 bits per heavy atom. The first-order valence-electron chi connectivity index (χ1n) is 8.46. The van der Waals surface area contributed by atoms with Crippen LogP contribution in [0.1, 0.15) is 37.4 Å². The number of ether oxygens (including phenoxy) is 3. The van der Waals surface area contributed by atoms with Crippen molar-refractivity contribution in [3.05, 3.63) is 53.6 Å². The predicted molar refractivity (Wildman–Crippen MR) is 94.9 cm³/mol. The van der Waals surface area contributed by atoms with E-state index in [9.17, 15) is 0 Å². The molecule has 2 aromatic rings.